The normalized spacial score (nSPS) is 17.0. The average molecular weight is 367 g/mol. The van der Waals surface area contributed by atoms with Gasteiger partial charge in [0.2, 0.25) is 0 Å². The molecule has 1 saturated heterocycles. The van der Waals surface area contributed by atoms with Crippen LogP contribution in [0.5, 0.6) is 0 Å². The summed E-state index contributed by atoms with van der Waals surface area (Å²) in [5, 5.41) is 20.8. The summed E-state index contributed by atoms with van der Waals surface area (Å²) in [5.41, 5.74) is 0.769. The van der Waals surface area contributed by atoms with Gasteiger partial charge in [0.25, 0.3) is 5.91 Å². The van der Waals surface area contributed by atoms with Crippen molar-refractivity contribution >= 4 is 16.8 Å². The van der Waals surface area contributed by atoms with Gasteiger partial charge < -0.3 is 10.0 Å². The van der Waals surface area contributed by atoms with E-state index in [2.05, 4.69) is 10.2 Å². The molecule has 1 fully saturated rings. The molecule has 0 saturated carbocycles. The molecule has 0 radical (unpaired) electrons. The number of fused-ring (bicyclic) bond motifs is 1. The Morgan fingerprint density at radius 3 is 2.63 bits per heavy atom. The molecule has 4 rings (SSSR count). The summed E-state index contributed by atoms with van der Waals surface area (Å²) in [5.74, 6) is -0.0199. The van der Waals surface area contributed by atoms with E-state index >= 15 is 0 Å². The van der Waals surface area contributed by atoms with Crippen molar-refractivity contribution in [1.82, 2.24) is 24.5 Å². The summed E-state index contributed by atoms with van der Waals surface area (Å²) in [4.78, 5) is 14.5. The number of aliphatic hydroxyl groups is 1. The molecule has 0 bridgehead atoms. The Bertz CT molecular complexity index is 950. The first-order valence-corrected chi connectivity index (χ1v) is 9.42. The van der Waals surface area contributed by atoms with Crippen LogP contribution < -0.4 is 0 Å². The number of hydrogen-bond donors (Lipinski definition) is 1. The lowest BCUT2D eigenvalue weighted by Gasteiger charge is -2.38. The van der Waals surface area contributed by atoms with Crippen LogP contribution in [-0.2, 0) is 6.54 Å². The van der Waals surface area contributed by atoms with E-state index in [-0.39, 0.29) is 11.9 Å². The van der Waals surface area contributed by atoms with Crippen molar-refractivity contribution in [2.45, 2.75) is 44.9 Å². The van der Waals surface area contributed by atoms with Crippen molar-refractivity contribution in [3.05, 3.63) is 48.4 Å². The molecular weight excluding hydrogens is 342 g/mol. The zero-order chi connectivity index (χ0) is 19.0. The smallest absolute Gasteiger partial charge is 0.257 e. The van der Waals surface area contributed by atoms with Crippen molar-refractivity contribution in [2.75, 3.05) is 13.1 Å². The monoisotopic (exact) mass is 367 g/mol. The van der Waals surface area contributed by atoms with Crippen molar-refractivity contribution in [2.24, 2.45) is 0 Å². The van der Waals surface area contributed by atoms with E-state index in [1.165, 1.54) is 0 Å². The van der Waals surface area contributed by atoms with Crippen molar-refractivity contribution in [3.63, 3.8) is 0 Å². The Kier molecular flexibility index (Phi) is 4.47. The van der Waals surface area contributed by atoms with E-state index in [9.17, 15) is 9.90 Å². The number of piperidine rings is 1. The van der Waals surface area contributed by atoms with Crippen LogP contribution >= 0.6 is 0 Å². The van der Waals surface area contributed by atoms with Gasteiger partial charge in [-0.3, -0.25) is 14.2 Å². The topological polar surface area (TPSA) is 76.2 Å². The lowest BCUT2D eigenvalue weighted by atomic mass is 9.91. The second-order valence-corrected chi connectivity index (χ2v) is 7.68. The highest BCUT2D eigenvalue weighted by atomic mass is 16.3. The molecule has 0 spiro atoms. The second-order valence-electron chi connectivity index (χ2n) is 7.68. The molecule has 0 unspecified atom stereocenters. The van der Waals surface area contributed by atoms with E-state index in [1.54, 1.807) is 22.0 Å². The molecule has 3 heterocycles. The summed E-state index contributed by atoms with van der Waals surface area (Å²) in [6.45, 7) is 5.55. The van der Waals surface area contributed by atoms with Crippen LogP contribution in [0.15, 0.2) is 42.9 Å². The standard InChI is InChI=1S/C20H25N5O2/c1-15(2)24-13-17(12-21-24)19(26)23-9-7-20(27,8-10-23)14-25-18-6-4-3-5-16(18)11-22-25/h3-6,11-13,15,27H,7-10,14H2,1-2H3. The Morgan fingerprint density at radius 2 is 1.93 bits per heavy atom. The zero-order valence-corrected chi connectivity index (χ0v) is 15.7. The van der Waals surface area contributed by atoms with Gasteiger partial charge in [-0.1, -0.05) is 18.2 Å². The van der Waals surface area contributed by atoms with Crippen LogP contribution in [0.2, 0.25) is 0 Å². The lowest BCUT2D eigenvalue weighted by Crippen LogP contribution is -2.48. The van der Waals surface area contributed by atoms with E-state index in [0.717, 1.165) is 10.9 Å². The van der Waals surface area contributed by atoms with Gasteiger partial charge in [0.05, 0.1) is 35.6 Å². The maximum Gasteiger partial charge on any atom is 0.257 e. The first-order valence-electron chi connectivity index (χ1n) is 9.42. The number of carbonyl (C=O) groups excluding carboxylic acids is 1. The van der Waals surface area contributed by atoms with Crippen molar-refractivity contribution in [1.29, 1.82) is 0 Å². The molecule has 142 valence electrons. The largest absolute Gasteiger partial charge is 0.388 e. The predicted octanol–water partition coefficient (Wildman–Crippen LogP) is 2.48. The molecule has 1 aliphatic rings. The molecule has 1 aromatic carbocycles. The number of nitrogens with zero attached hydrogens (tertiary/aromatic N) is 5. The van der Waals surface area contributed by atoms with Gasteiger partial charge >= 0.3 is 0 Å². The zero-order valence-electron chi connectivity index (χ0n) is 15.7. The third kappa shape index (κ3) is 3.47. The third-order valence-corrected chi connectivity index (χ3v) is 5.35. The van der Waals surface area contributed by atoms with Gasteiger partial charge in [-0.15, -0.1) is 0 Å². The van der Waals surface area contributed by atoms with E-state index in [4.69, 9.17) is 0 Å². The van der Waals surface area contributed by atoms with E-state index in [1.807, 2.05) is 49.0 Å². The SMILES string of the molecule is CC(C)n1cc(C(=O)N2CCC(O)(Cn3ncc4ccccc43)CC2)cn1. The summed E-state index contributed by atoms with van der Waals surface area (Å²) in [6, 6.07) is 8.21. The first-order chi connectivity index (χ1) is 13.0. The highest BCUT2D eigenvalue weighted by Gasteiger charge is 2.35. The Hall–Kier alpha value is -2.67. The van der Waals surface area contributed by atoms with Gasteiger partial charge in [-0.2, -0.15) is 10.2 Å². The molecule has 2 aromatic heterocycles. The highest BCUT2D eigenvalue weighted by molar-refractivity contribution is 5.93. The number of para-hydroxylation sites is 1. The fraction of sp³-hybridized carbons (Fsp3) is 0.450. The maximum absolute atomic E-state index is 12.7. The van der Waals surface area contributed by atoms with Crippen LogP contribution in [0.4, 0.5) is 0 Å². The minimum atomic E-state index is -0.853. The summed E-state index contributed by atoms with van der Waals surface area (Å²) in [7, 11) is 0. The van der Waals surface area contributed by atoms with Crippen molar-refractivity contribution < 1.29 is 9.90 Å². The van der Waals surface area contributed by atoms with Gasteiger partial charge in [0.1, 0.15) is 0 Å². The molecular formula is C20H25N5O2. The van der Waals surface area contributed by atoms with Crippen LogP contribution in [0.1, 0.15) is 43.1 Å². The van der Waals surface area contributed by atoms with Crippen LogP contribution in [0.25, 0.3) is 10.9 Å². The quantitative estimate of drug-likeness (QED) is 0.769. The van der Waals surface area contributed by atoms with Gasteiger partial charge in [0.15, 0.2) is 0 Å². The lowest BCUT2D eigenvalue weighted by molar-refractivity contribution is -0.0306. The number of hydrogen-bond acceptors (Lipinski definition) is 4. The first kappa shape index (κ1) is 17.7. The van der Waals surface area contributed by atoms with Crippen LogP contribution in [-0.4, -0.2) is 54.2 Å². The molecule has 0 atom stereocenters. The van der Waals surface area contributed by atoms with Crippen LogP contribution in [0, 0.1) is 0 Å². The molecule has 3 aromatic rings. The highest BCUT2D eigenvalue weighted by Crippen LogP contribution is 2.26. The van der Waals surface area contributed by atoms with Gasteiger partial charge in [-0.05, 0) is 32.8 Å². The molecule has 7 nitrogen and oxygen atoms in total. The fourth-order valence-corrected chi connectivity index (χ4v) is 3.63. The van der Waals surface area contributed by atoms with E-state index < -0.39 is 5.60 Å². The molecule has 1 aliphatic heterocycles. The maximum atomic E-state index is 12.7. The molecule has 7 heteroatoms. The minimum absolute atomic E-state index is 0.0199. The van der Waals surface area contributed by atoms with E-state index in [0.29, 0.717) is 38.0 Å². The number of likely N-dealkylation sites (tertiary alicyclic amines) is 1. The third-order valence-electron chi connectivity index (χ3n) is 5.35. The number of aromatic nitrogens is 4. The van der Waals surface area contributed by atoms with Crippen LogP contribution in [0.3, 0.4) is 0 Å². The molecule has 0 aliphatic carbocycles. The summed E-state index contributed by atoms with van der Waals surface area (Å²) >= 11 is 0. The number of benzene rings is 1. The van der Waals surface area contributed by atoms with Crippen molar-refractivity contribution in [3.8, 4) is 0 Å². The Balaban J connectivity index is 1.42. The summed E-state index contributed by atoms with van der Waals surface area (Å²) in [6.07, 6.45) is 6.31. The summed E-state index contributed by atoms with van der Waals surface area (Å²) < 4.78 is 3.65. The van der Waals surface area contributed by atoms with Gasteiger partial charge in [0, 0.05) is 30.7 Å². The number of carbonyl (C=O) groups is 1. The minimum Gasteiger partial charge on any atom is -0.388 e. The second kappa shape index (κ2) is 6.81. The number of amides is 1. The fourth-order valence-electron chi connectivity index (χ4n) is 3.63. The number of rotatable bonds is 4. The average Bonchev–Trinajstić information content (AvgIpc) is 3.30. The Labute approximate surface area is 158 Å². The van der Waals surface area contributed by atoms with Gasteiger partial charge in [-0.25, -0.2) is 0 Å². The predicted molar refractivity (Wildman–Crippen MR) is 102 cm³/mol. The molecule has 27 heavy (non-hydrogen) atoms. The molecule has 1 N–H and O–H groups in total. The Morgan fingerprint density at radius 1 is 1.19 bits per heavy atom. The molecule has 1 amide bonds.